The lowest BCUT2D eigenvalue weighted by Crippen LogP contribution is -2.70. The van der Waals surface area contributed by atoms with Gasteiger partial charge in [-0.05, 0) is 85.0 Å². The third kappa shape index (κ3) is 4.53. The number of hydrogen-bond donors (Lipinski definition) is 1. The molecule has 4 atom stereocenters. The van der Waals surface area contributed by atoms with Crippen LogP contribution >= 0.6 is 0 Å². The molecule has 0 aromatic carbocycles. The molecule has 2 bridgehead atoms. The monoisotopic (exact) mass is 468 g/mol. The number of aliphatic hydroxyl groups excluding tert-OH is 1. The van der Waals surface area contributed by atoms with Crippen molar-refractivity contribution >= 4 is 17.3 Å². The van der Waals surface area contributed by atoms with Gasteiger partial charge in [0, 0.05) is 12.0 Å². The zero-order valence-electron chi connectivity index (χ0n) is 22.7. The smallest absolute Gasteiger partial charge is 0.180 e. The number of allylic oxidation sites excluding steroid dienone is 8. The highest BCUT2D eigenvalue weighted by Crippen LogP contribution is 2.66. The van der Waals surface area contributed by atoms with Crippen molar-refractivity contribution in [2.24, 2.45) is 28.1 Å². The Labute approximate surface area is 206 Å². The number of carbonyl (C=O) groups is 3. The number of Topliss-reactive ketones (excluding diaryl/α,β-unsaturated/α-hetero) is 2. The molecule has 188 valence electrons. The van der Waals surface area contributed by atoms with Crippen molar-refractivity contribution in [2.45, 2.75) is 94.4 Å². The Kier molecular flexibility index (Phi) is 8.38. The van der Waals surface area contributed by atoms with E-state index < -0.39 is 33.7 Å². The normalized spacial score (nSPS) is 30.5. The molecular weight excluding hydrogens is 424 g/mol. The van der Waals surface area contributed by atoms with Crippen LogP contribution < -0.4 is 0 Å². The minimum Gasteiger partial charge on any atom is -0.511 e. The molecule has 0 amide bonds. The first-order valence-corrected chi connectivity index (χ1v) is 12.6. The first kappa shape index (κ1) is 28.0. The Bertz CT molecular complexity index is 964. The third-order valence-electron chi connectivity index (χ3n) is 8.04. The fourth-order valence-electron chi connectivity index (χ4n) is 6.03. The van der Waals surface area contributed by atoms with Gasteiger partial charge in [-0.2, -0.15) is 0 Å². The van der Waals surface area contributed by atoms with Crippen molar-refractivity contribution < 1.29 is 19.5 Å². The highest BCUT2D eigenvalue weighted by molar-refractivity contribution is 6.32. The largest absolute Gasteiger partial charge is 0.511 e. The van der Waals surface area contributed by atoms with E-state index in [4.69, 9.17) is 0 Å². The lowest BCUT2D eigenvalue weighted by molar-refractivity contribution is -0.179. The van der Waals surface area contributed by atoms with Gasteiger partial charge in [-0.25, -0.2) is 0 Å². The van der Waals surface area contributed by atoms with Crippen LogP contribution in [0, 0.1) is 28.1 Å². The van der Waals surface area contributed by atoms with Crippen LogP contribution in [-0.4, -0.2) is 22.5 Å². The Morgan fingerprint density at radius 2 is 1.59 bits per heavy atom. The van der Waals surface area contributed by atoms with E-state index in [9.17, 15) is 19.5 Å². The van der Waals surface area contributed by atoms with Gasteiger partial charge >= 0.3 is 0 Å². The van der Waals surface area contributed by atoms with Gasteiger partial charge in [0.1, 0.15) is 5.76 Å². The van der Waals surface area contributed by atoms with Crippen LogP contribution in [0.5, 0.6) is 0 Å². The van der Waals surface area contributed by atoms with E-state index in [-0.39, 0.29) is 17.5 Å². The zero-order valence-corrected chi connectivity index (χ0v) is 22.7. The molecule has 34 heavy (non-hydrogen) atoms. The average molecular weight is 469 g/mol. The highest BCUT2D eigenvalue weighted by Gasteiger charge is 2.74. The molecule has 0 radical (unpaired) electrons. The van der Waals surface area contributed by atoms with Gasteiger partial charge in [-0.3, -0.25) is 14.4 Å². The first-order chi connectivity index (χ1) is 15.7. The summed E-state index contributed by atoms with van der Waals surface area (Å²) < 4.78 is 0. The van der Waals surface area contributed by atoms with Crippen molar-refractivity contribution in [1.82, 2.24) is 0 Å². The van der Waals surface area contributed by atoms with Crippen LogP contribution in [0.4, 0.5) is 0 Å². The van der Waals surface area contributed by atoms with Gasteiger partial charge in [0.05, 0.1) is 5.41 Å². The molecule has 0 aromatic heterocycles. The second-order valence-electron chi connectivity index (χ2n) is 11.7. The van der Waals surface area contributed by atoms with Crippen molar-refractivity contribution in [1.29, 1.82) is 0 Å². The molecule has 2 unspecified atom stereocenters. The summed E-state index contributed by atoms with van der Waals surface area (Å²) in [4.78, 5) is 42.4. The zero-order chi connectivity index (χ0) is 26.1. The Balaban J connectivity index is 2.91. The van der Waals surface area contributed by atoms with E-state index in [1.807, 2.05) is 54.5 Å². The van der Waals surface area contributed by atoms with Gasteiger partial charge in [0.15, 0.2) is 22.8 Å². The van der Waals surface area contributed by atoms with Crippen molar-refractivity contribution in [3.8, 4) is 0 Å². The molecule has 1 fully saturated rings. The molecule has 1 N–H and O–H groups in total. The maximum Gasteiger partial charge on any atom is 0.180 e. The van der Waals surface area contributed by atoms with Gasteiger partial charge in [0.2, 0.25) is 0 Å². The lowest BCUT2D eigenvalue weighted by Gasteiger charge is -2.60. The molecule has 0 aliphatic heterocycles. The number of rotatable bonds is 9. The van der Waals surface area contributed by atoms with Crippen LogP contribution in [0.25, 0.3) is 0 Å². The summed E-state index contributed by atoms with van der Waals surface area (Å²) in [6.07, 6.45) is 10.0. The Morgan fingerprint density at radius 3 is 2.09 bits per heavy atom. The minimum atomic E-state index is -1.78. The second-order valence-corrected chi connectivity index (χ2v) is 11.7. The van der Waals surface area contributed by atoms with Crippen LogP contribution in [0.3, 0.4) is 0 Å². The van der Waals surface area contributed by atoms with Crippen LogP contribution in [0.15, 0.2) is 46.8 Å². The van der Waals surface area contributed by atoms with E-state index >= 15 is 0 Å². The fourth-order valence-corrected chi connectivity index (χ4v) is 6.03. The summed E-state index contributed by atoms with van der Waals surface area (Å²) in [5.41, 5.74) is -0.525. The van der Waals surface area contributed by atoms with E-state index in [0.717, 1.165) is 11.1 Å². The molecule has 0 aromatic rings. The number of carbonyl (C=O) groups excluding carboxylic acids is 3. The topological polar surface area (TPSA) is 71.4 Å². The number of ketones is 3. The average Bonchev–Trinajstić information content (AvgIpc) is 2.71. The molecule has 1 saturated carbocycles. The van der Waals surface area contributed by atoms with Gasteiger partial charge in [0.25, 0.3) is 0 Å². The highest BCUT2D eigenvalue weighted by atomic mass is 16.3. The van der Waals surface area contributed by atoms with E-state index in [0.29, 0.717) is 32.1 Å². The predicted molar refractivity (Wildman–Crippen MR) is 138 cm³/mol. The molecule has 0 saturated heterocycles. The molecular formula is C30H44O4. The minimum absolute atomic E-state index is 0.112. The molecule has 2 aliphatic carbocycles. The fraction of sp³-hybridized carbons (Fsp3) is 0.633. The molecule has 4 heteroatoms. The molecule has 0 heterocycles. The maximum absolute atomic E-state index is 14.5. The quantitative estimate of drug-likeness (QED) is 0.285. The van der Waals surface area contributed by atoms with E-state index in [2.05, 4.69) is 12.2 Å². The summed E-state index contributed by atoms with van der Waals surface area (Å²) in [5.74, 6) is -2.01. The van der Waals surface area contributed by atoms with Crippen molar-refractivity contribution in [3.05, 3.63) is 46.8 Å². The van der Waals surface area contributed by atoms with Crippen molar-refractivity contribution in [3.63, 3.8) is 0 Å². The molecule has 2 aliphatic rings. The summed E-state index contributed by atoms with van der Waals surface area (Å²) >= 11 is 0. The predicted octanol–water partition coefficient (Wildman–Crippen LogP) is 7.26. The summed E-state index contributed by atoms with van der Waals surface area (Å²) in [6.45, 7) is 17.5. The second kappa shape index (κ2) is 10.2. The van der Waals surface area contributed by atoms with Gasteiger partial charge in [-0.15, -0.1) is 0 Å². The van der Waals surface area contributed by atoms with Crippen LogP contribution in [-0.2, 0) is 14.4 Å². The van der Waals surface area contributed by atoms with Crippen LogP contribution in [0.1, 0.15) is 94.4 Å². The Morgan fingerprint density at radius 1 is 1.03 bits per heavy atom. The summed E-state index contributed by atoms with van der Waals surface area (Å²) in [6, 6.07) is 0. The summed E-state index contributed by atoms with van der Waals surface area (Å²) in [7, 11) is 0. The number of fused-ring (bicyclic) bond motifs is 2. The number of aliphatic hydroxyl groups is 1. The standard InChI is InChI=1S/C30H44O4/c1-19(2)11-10-15-28(9)23(13-12-20(3)4)18-29(16-14-21(5)6)24(31)17-25(32)30(28,27(29)34)26(33)22(7)8/h11-12,14,17,22-23,31H,10,13,15-16,18H2,1-9H3/t23-,28+,29?,30?/m0/s1. The van der Waals surface area contributed by atoms with Gasteiger partial charge < -0.3 is 5.11 Å². The molecule has 0 spiro atoms. The van der Waals surface area contributed by atoms with Gasteiger partial charge in [-0.1, -0.05) is 55.7 Å². The SMILES string of the molecule is CC(C)=CCC[C@]1(C)[C@@H](CC=C(C)C)CC2(CC=C(C)C)C(=O)C1(C(=O)C(C)C)C(=O)C=C2O. The van der Waals surface area contributed by atoms with E-state index in [1.54, 1.807) is 13.8 Å². The molecule has 4 nitrogen and oxygen atoms in total. The van der Waals surface area contributed by atoms with Crippen molar-refractivity contribution in [2.75, 3.05) is 0 Å². The first-order valence-electron chi connectivity index (χ1n) is 12.6. The van der Waals surface area contributed by atoms with Crippen LogP contribution in [0.2, 0.25) is 0 Å². The summed E-state index contributed by atoms with van der Waals surface area (Å²) in [5, 5.41) is 11.1. The third-order valence-corrected chi connectivity index (χ3v) is 8.04. The number of hydrogen-bond acceptors (Lipinski definition) is 4. The molecule has 2 rings (SSSR count). The lowest BCUT2D eigenvalue weighted by atomic mass is 9.39. The maximum atomic E-state index is 14.5. The Hall–Kier alpha value is -2.23. The van der Waals surface area contributed by atoms with E-state index in [1.165, 1.54) is 11.6 Å².